The van der Waals surface area contributed by atoms with E-state index in [0.717, 1.165) is 116 Å². The number of carbonyl (C=O) groups excluding carboxylic acids is 2. The molecule has 0 saturated carbocycles. The summed E-state index contributed by atoms with van der Waals surface area (Å²) in [4.78, 5) is 26.7. The molecule has 6 N–H and O–H groups in total. The summed E-state index contributed by atoms with van der Waals surface area (Å²) in [6.07, 6.45) is 81.2. The van der Waals surface area contributed by atoms with Crippen LogP contribution in [0.3, 0.4) is 0 Å². The second-order valence-corrected chi connectivity index (χ2v) is 25.6. The maximum Gasteiger partial charge on any atom is 0.306 e. The van der Waals surface area contributed by atoms with Gasteiger partial charge in [0.1, 0.15) is 24.4 Å². The third kappa shape index (κ3) is 53.3. The zero-order valence-corrected chi connectivity index (χ0v) is 58.4. The third-order valence-corrected chi connectivity index (χ3v) is 17.2. The number of ether oxygens (including phenoxy) is 3. The lowest BCUT2D eigenvalue weighted by Gasteiger charge is -2.41. The second-order valence-electron chi connectivity index (χ2n) is 25.6. The first-order valence-electron chi connectivity index (χ1n) is 37.7. The fraction of sp³-hybridized carbons (Fsp3) is 0.750. The first-order chi connectivity index (χ1) is 44.7. The molecule has 0 aliphatic carbocycles. The number of unbranched alkanes of at least 4 members (excludes halogenated alkanes) is 34. The van der Waals surface area contributed by atoms with Crippen LogP contribution in [0, 0.1) is 0 Å². The molecule has 91 heavy (non-hydrogen) atoms. The molecule has 11 nitrogen and oxygen atoms in total. The Labute approximate surface area is 558 Å². The van der Waals surface area contributed by atoms with E-state index >= 15 is 0 Å². The van der Waals surface area contributed by atoms with Crippen LogP contribution in [-0.4, -0.2) is 99.6 Å². The lowest BCUT2D eigenvalue weighted by atomic mass is 9.99. The smallest absolute Gasteiger partial charge is 0.306 e. The topological polar surface area (TPSA) is 175 Å². The number of amides is 1. The van der Waals surface area contributed by atoms with E-state index < -0.39 is 67.4 Å². The summed E-state index contributed by atoms with van der Waals surface area (Å²) in [5.74, 6) is -1.21. The molecule has 1 heterocycles. The maximum absolute atomic E-state index is 13.5. The van der Waals surface area contributed by atoms with Crippen LogP contribution < -0.4 is 5.32 Å². The zero-order valence-electron chi connectivity index (χ0n) is 58.4. The molecule has 1 aliphatic rings. The van der Waals surface area contributed by atoms with Crippen LogP contribution in [0.4, 0.5) is 0 Å². The minimum atomic E-state index is -1.62. The van der Waals surface area contributed by atoms with Crippen molar-refractivity contribution in [2.75, 3.05) is 13.2 Å². The van der Waals surface area contributed by atoms with Crippen LogP contribution in [0.1, 0.15) is 323 Å². The molecule has 1 amide bonds. The van der Waals surface area contributed by atoms with Gasteiger partial charge in [-0.1, -0.05) is 316 Å². The molecule has 0 spiro atoms. The number of aliphatic hydroxyl groups is 5. The number of esters is 1. The number of nitrogens with one attached hydrogen (secondary N) is 1. The third-order valence-electron chi connectivity index (χ3n) is 17.2. The van der Waals surface area contributed by atoms with E-state index in [-0.39, 0.29) is 19.4 Å². The molecule has 0 radical (unpaired) electrons. The van der Waals surface area contributed by atoms with E-state index in [1.54, 1.807) is 6.08 Å². The number of hydrogen-bond acceptors (Lipinski definition) is 10. The molecule has 0 aromatic rings. The summed E-state index contributed by atoms with van der Waals surface area (Å²) in [5.41, 5.74) is 0. The van der Waals surface area contributed by atoms with Crippen LogP contribution in [0.2, 0.25) is 0 Å². The van der Waals surface area contributed by atoms with Crippen molar-refractivity contribution in [2.24, 2.45) is 0 Å². The Hall–Kier alpha value is -3.68. The number of hydrogen-bond donors (Lipinski definition) is 6. The molecule has 8 atom stereocenters. The van der Waals surface area contributed by atoms with Crippen molar-refractivity contribution in [1.29, 1.82) is 0 Å². The largest absolute Gasteiger partial charge is 0.454 e. The first kappa shape index (κ1) is 85.3. The highest BCUT2D eigenvalue weighted by Gasteiger charge is 2.47. The van der Waals surface area contributed by atoms with E-state index in [9.17, 15) is 35.1 Å². The minimum Gasteiger partial charge on any atom is -0.454 e. The van der Waals surface area contributed by atoms with Crippen molar-refractivity contribution in [3.8, 4) is 0 Å². The summed E-state index contributed by atoms with van der Waals surface area (Å²) in [6, 6.07) is -1.04. The van der Waals surface area contributed by atoms with Gasteiger partial charge >= 0.3 is 5.97 Å². The maximum atomic E-state index is 13.5. The molecular formula is C80H139NO10. The van der Waals surface area contributed by atoms with Gasteiger partial charge in [0, 0.05) is 6.42 Å². The molecule has 0 bridgehead atoms. The highest BCUT2D eigenvalue weighted by atomic mass is 16.7. The highest BCUT2D eigenvalue weighted by Crippen LogP contribution is 2.26. The van der Waals surface area contributed by atoms with Crippen molar-refractivity contribution >= 4 is 11.9 Å². The van der Waals surface area contributed by atoms with Gasteiger partial charge in [0.15, 0.2) is 12.4 Å². The van der Waals surface area contributed by atoms with Gasteiger partial charge in [-0.05, 0) is 109 Å². The van der Waals surface area contributed by atoms with Crippen molar-refractivity contribution in [3.05, 3.63) is 109 Å². The standard InChI is InChI=1S/C80H139NO10/c1-4-7-10-13-16-19-22-25-27-29-31-33-35-37-39-41-43-45-47-50-53-56-59-62-65-68-75(85)91-78-77(87)76(86)74(69-82)90-80(78)89-70-71(72(83)66-63-60-57-54-51-48-24-21-18-15-12-9-6-3)81-79(88)73(84)67-64-61-58-55-52-49-46-44-42-40-38-36-34-32-30-28-26-23-20-17-14-11-8-5-2/h8,11,16-17,19-20,25-28,32,34,38,40,44,46,63,66,71-74,76-78,80,82-84,86-87H,4-7,9-10,12-15,18,21-24,29-31,33,35-37,39,41-43,45,47-62,64-65,67-70H2,1-3H3,(H,81,88)/b11-8-,19-16-,20-17-,27-25-,28-26-,34-32-,40-38-,46-44-,66-63+. The van der Waals surface area contributed by atoms with Gasteiger partial charge in [0.05, 0.1) is 25.4 Å². The minimum absolute atomic E-state index is 0.118. The summed E-state index contributed by atoms with van der Waals surface area (Å²) in [5, 5.41) is 57.4. The quantitative estimate of drug-likeness (QED) is 0.0195. The number of rotatable bonds is 64. The van der Waals surface area contributed by atoms with Gasteiger partial charge in [-0.15, -0.1) is 0 Å². The molecule has 1 aliphatic heterocycles. The van der Waals surface area contributed by atoms with Gasteiger partial charge in [-0.3, -0.25) is 9.59 Å². The molecule has 8 unspecified atom stereocenters. The SMILES string of the molecule is CC/C=C\C/C=C\C/C=C\C/C=C\C/C=C\C/C=C\CCCCCCCC(O)C(=O)NC(COC1OC(CO)C(O)C(O)C1OC(=O)CCCCCCCCCCCCCCCCC/C=C\C/C=C\CCCCC)C(O)/C=C/CCCCCCCCCCCCC. The molecule has 1 fully saturated rings. The Bertz CT molecular complexity index is 1900. The van der Waals surface area contributed by atoms with E-state index in [2.05, 4.69) is 123 Å². The van der Waals surface area contributed by atoms with E-state index in [1.807, 2.05) is 6.08 Å². The predicted molar refractivity (Wildman–Crippen MR) is 384 cm³/mol. The lowest BCUT2D eigenvalue weighted by Crippen LogP contribution is -2.61. The Morgan fingerprint density at radius 1 is 0.440 bits per heavy atom. The van der Waals surface area contributed by atoms with Crippen molar-refractivity contribution in [3.63, 3.8) is 0 Å². The van der Waals surface area contributed by atoms with E-state index in [4.69, 9.17) is 14.2 Å². The van der Waals surface area contributed by atoms with Gasteiger partial charge < -0.3 is 45.1 Å². The average Bonchev–Trinajstić information content (AvgIpc) is 1.00. The van der Waals surface area contributed by atoms with Crippen LogP contribution in [0.5, 0.6) is 0 Å². The lowest BCUT2D eigenvalue weighted by molar-refractivity contribution is -0.305. The Morgan fingerprint density at radius 3 is 1.21 bits per heavy atom. The summed E-state index contributed by atoms with van der Waals surface area (Å²) in [6.45, 7) is 5.68. The highest BCUT2D eigenvalue weighted by molar-refractivity contribution is 5.80. The Kier molecular flexibility index (Phi) is 62.2. The molecular weight excluding hydrogens is 1130 g/mol. The molecule has 1 saturated heterocycles. The first-order valence-corrected chi connectivity index (χ1v) is 37.7. The van der Waals surface area contributed by atoms with Crippen molar-refractivity contribution in [1.82, 2.24) is 5.32 Å². The van der Waals surface area contributed by atoms with Gasteiger partial charge in [0.25, 0.3) is 0 Å². The predicted octanol–water partition coefficient (Wildman–Crippen LogP) is 20.0. The Balaban J connectivity index is 2.57. The molecule has 11 heteroatoms. The van der Waals surface area contributed by atoms with Gasteiger partial charge in [-0.2, -0.15) is 0 Å². The van der Waals surface area contributed by atoms with Crippen LogP contribution in [0.15, 0.2) is 109 Å². The normalized spacial score (nSPS) is 18.6. The van der Waals surface area contributed by atoms with Crippen LogP contribution in [0.25, 0.3) is 0 Å². The molecule has 1 rings (SSSR count). The summed E-state index contributed by atoms with van der Waals surface area (Å²) < 4.78 is 17.7. The second kappa shape index (κ2) is 66.3. The van der Waals surface area contributed by atoms with Gasteiger partial charge in [0.2, 0.25) is 5.91 Å². The fourth-order valence-corrected chi connectivity index (χ4v) is 11.3. The molecule has 524 valence electrons. The average molecular weight is 1270 g/mol. The van der Waals surface area contributed by atoms with Crippen LogP contribution >= 0.6 is 0 Å². The number of allylic oxidation sites excluding steroid dienone is 17. The number of aliphatic hydroxyl groups excluding tert-OH is 5. The summed E-state index contributed by atoms with van der Waals surface area (Å²) in [7, 11) is 0. The van der Waals surface area contributed by atoms with Gasteiger partial charge in [-0.25, -0.2) is 0 Å². The summed E-state index contributed by atoms with van der Waals surface area (Å²) >= 11 is 0. The van der Waals surface area contributed by atoms with Crippen LogP contribution in [-0.2, 0) is 23.8 Å². The molecule has 0 aromatic carbocycles. The monoisotopic (exact) mass is 1270 g/mol. The van der Waals surface area contributed by atoms with E-state index in [0.29, 0.717) is 12.8 Å². The molecule has 0 aromatic heterocycles. The Morgan fingerprint density at radius 2 is 0.791 bits per heavy atom. The zero-order chi connectivity index (χ0) is 66.0. The van der Waals surface area contributed by atoms with E-state index in [1.165, 1.54) is 161 Å². The number of carbonyl (C=O) groups is 2. The fourth-order valence-electron chi connectivity index (χ4n) is 11.3. The van der Waals surface area contributed by atoms with Crippen molar-refractivity contribution < 1.29 is 49.3 Å². The van der Waals surface area contributed by atoms with Crippen molar-refractivity contribution in [2.45, 2.75) is 372 Å².